The molecule has 0 saturated heterocycles. The first kappa shape index (κ1) is 17.9. The predicted octanol–water partition coefficient (Wildman–Crippen LogP) is 3.51. The zero-order valence-electron chi connectivity index (χ0n) is 14.5. The summed E-state index contributed by atoms with van der Waals surface area (Å²) in [6, 6.07) is 14.9. The molecule has 2 aromatic carbocycles. The maximum atomic E-state index is 12.2. The van der Waals surface area contributed by atoms with Crippen molar-refractivity contribution < 1.29 is 9.59 Å². The Labute approximate surface area is 155 Å². The Balaban J connectivity index is 1.64. The molecular weight excluding hydrogens is 348 g/mol. The van der Waals surface area contributed by atoms with Crippen molar-refractivity contribution in [2.75, 3.05) is 11.1 Å². The van der Waals surface area contributed by atoms with Crippen LogP contribution in [0.1, 0.15) is 22.8 Å². The van der Waals surface area contributed by atoms with Gasteiger partial charge in [0, 0.05) is 16.9 Å². The highest BCUT2D eigenvalue weighted by Gasteiger charge is 2.11. The summed E-state index contributed by atoms with van der Waals surface area (Å²) in [6.45, 7) is 3.52. The Morgan fingerprint density at radius 3 is 2.65 bits per heavy atom. The van der Waals surface area contributed by atoms with Crippen molar-refractivity contribution >= 4 is 29.1 Å². The number of hydrogen-bond acceptors (Lipinski definition) is 5. The Bertz CT molecular complexity index is 935. The van der Waals surface area contributed by atoms with Crippen molar-refractivity contribution in [2.24, 2.45) is 0 Å². The number of carbonyl (C=O) groups is 2. The molecule has 0 radical (unpaired) electrons. The lowest BCUT2D eigenvalue weighted by Gasteiger charge is -2.08. The Kier molecular flexibility index (Phi) is 5.48. The van der Waals surface area contributed by atoms with E-state index in [0.29, 0.717) is 16.4 Å². The number of aromatic nitrogens is 3. The summed E-state index contributed by atoms with van der Waals surface area (Å²) < 4.78 is 1.84. The highest BCUT2D eigenvalue weighted by atomic mass is 32.2. The molecule has 1 N–H and O–H groups in total. The van der Waals surface area contributed by atoms with Crippen LogP contribution in [0.15, 0.2) is 60.0 Å². The number of hydrogen-bond donors (Lipinski definition) is 1. The third-order valence-electron chi connectivity index (χ3n) is 3.71. The van der Waals surface area contributed by atoms with E-state index in [-0.39, 0.29) is 17.4 Å². The van der Waals surface area contributed by atoms with Crippen LogP contribution in [-0.4, -0.2) is 32.2 Å². The number of rotatable bonds is 6. The van der Waals surface area contributed by atoms with Gasteiger partial charge in [0.05, 0.1) is 5.75 Å². The molecule has 0 bridgehead atoms. The number of amides is 1. The van der Waals surface area contributed by atoms with E-state index in [1.54, 1.807) is 30.6 Å². The van der Waals surface area contributed by atoms with Crippen LogP contribution in [-0.2, 0) is 4.79 Å². The van der Waals surface area contributed by atoms with Crippen LogP contribution in [0, 0.1) is 6.92 Å². The molecule has 3 rings (SSSR count). The zero-order valence-corrected chi connectivity index (χ0v) is 15.3. The minimum atomic E-state index is -0.172. The second-order valence-corrected chi connectivity index (χ2v) is 6.74. The number of Topliss-reactive ketones (excluding diaryl/α,β-unsaturated/α-hetero) is 1. The molecule has 26 heavy (non-hydrogen) atoms. The van der Waals surface area contributed by atoms with Gasteiger partial charge in [-0.1, -0.05) is 41.6 Å². The molecule has 0 spiro atoms. The van der Waals surface area contributed by atoms with E-state index in [4.69, 9.17) is 0 Å². The van der Waals surface area contributed by atoms with Gasteiger partial charge in [-0.25, -0.2) is 0 Å². The van der Waals surface area contributed by atoms with Crippen LogP contribution < -0.4 is 5.32 Å². The normalized spacial score (nSPS) is 10.5. The first-order valence-electron chi connectivity index (χ1n) is 8.03. The Hall–Kier alpha value is -2.93. The third-order valence-corrected chi connectivity index (χ3v) is 4.66. The lowest BCUT2D eigenvalue weighted by Crippen LogP contribution is -2.14. The maximum Gasteiger partial charge on any atom is 0.234 e. The number of aryl methyl sites for hydroxylation is 1. The van der Waals surface area contributed by atoms with Gasteiger partial charge in [0.2, 0.25) is 5.91 Å². The van der Waals surface area contributed by atoms with Crippen LogP contribution in [0.4, 0.5) is 5.69 Å². The minimum absolute atomic E-state index is 0.0401. The molecule has 6 nitrogen and oxygen atoms in total. The van der Waals surface area contributed by atoms with Crippen molar-refractivity contribution in [3.63, 3.8) is 0 Å². The highest BCUT2D eigenvalue weighted by Crippen LogP contribution is 2.20. The quantitative estimate of drug-likeness (QED) is 0.534. The lowest BCUT2D eigenvalue weighted by molar-refractivity contribution is -0.113. The number of thioether (sulfide) groups is 1. The molecule has 132 valence electrons. The standard InChI is InChI=1S/C19H18N4O2S/c1-13-6-8-17(9-7-13)23-12-20-22-19(23)26-11-18(25)21-16-5-3-4-15(10-16)14(2)24/h3-10,12H,11H2,1-2H3,(H,21,25). The van der Waals surface area contributed by atoms with Gasteiger partial charge in [0.1, 0.15) is 6.33 Å². The van der Waals surface area contributed by atoms with Crippen LogP contribution in [0.25, 0.3) is 5.69 Å². The number of benzene rings is 2. The monoisotopic (exact) mass is 366 g/mol. The molecule has 0 aliphatic carbocycles. The van der Waals surface area contributed by atoms with Crippen molar-refractivity contribution in [1.82, 2.24) is 14.8 Å². The summed E-state index contributed by atoms with van der Waals surface area (Å²) in [5.41, 5.74) is 3.28. The maximum absolute atomic E-state index is 12.2. The van der Waals surface area contributed by atoms with E-state index in [1.807, 2.05) is 35.8 Å². The van der Waals surface area contributed by atoms with Gasteiger partial charge in [-0.2, -0.15) is 0 Å². The largest absolute Gasteiger partial charge is 0.325 e. The molecule has 1 aromatic heterocycles. The van der Waals surface area contributed by atoms with Gasteiger partial charge < -0.3 is 5.32 Å². The van der Waals surface area contributed by atoms with Crippen molar-refractivity contribution in [3.05, 3.63) is 66.0 Å². The molecular formula is C19H18N4O2S. The summed E-state index contributed by atoms with van der Waals surface area (Å²) in [7, 11) is 0. The van der Waals surface area contributed by atoms with Gasteiger partial charge in [-0.15, -0.1) is 10.2 Å². The molecule has 0 saturated carbocycles. The molecule has 1 amide bonds. The highest BCUT2D eigenvalue weighted by molar-refractivity contribution is 7.99. The van der Waals surface area contributed by atoms with Crippen LogP contribution in [0.3, 0.4) is 0 Å². The number of ketones is 1. The molecule has 3 aromatic rings. The molecule has 7 heteroatoms. The second kappa shape index (κ2) is 7.97. The van der Waals surface area contributed by atoms with Crippen molar-refractivity contribution in [2.45, 2.75) is 19.0 Å². The smallest absolute Gasteiger partial charge is 0.234 e. The average molecular weight is 366 g/mol. The van der Waals surface area contributed by atoms with E-state index < -0.39 is 0 Å². The van der Waals surface area contributed by atoms with E-state index in [9.17, 15) is 9.59 Å². The topological polar surface area (TPSA) is 76.9 Å². The third kappa shape index (κ3) is 4.37. The Morgan fingerprint density at radius 2 is 1.92 bits per heavy atom. The number of anilines is 1. The van der Waals surface area contributed by atoms with Gasteiger partial charge in [0.15, 0.2) is 10.9 Å². The summed E-state index contributed by atoms with van der Waals surface area (Å²) in [4.78, 5) is 23.6. The fraction of sp³-hybridized carbons (Fsp3) is 0.158. The van der Waals surface area contributed by atoms with Gasteiger partial charge in [-0.05, 0) is 38.1 Å². The molecule has 0 aliphatic heterocycles. The number of nitrogens with one attached hydrogen (secondary N) is 1. The van der Waals surface area contributed by atoms with Crippen LogP contribution >= 0.6 is 11.8 Å². The molecule has 0 atom stereocenters. The van der Waals surface area contributed by atoms with Gasteiger partial charge >= 0.3 is 0 Å². The average Bonchev–Trinajstić information content (AvgIpc) is 3.09. The van der Waals surface area contributed by atoms with Crippen LogP contribution in [0.2, 0.25) is 0 Å². The fourth-order valence-electron chi connectivity index (χ4n) is 2.35. The summed E-state index contributed by atoms with van der Waals surface area (Å²) >= 11 is 1.30. The van der Waals surface area contributed by atoms with E-state index in [1.165, 1.54) is 24.2 Å². The summed E-state index contributed by atoms with van der Waals surface area (Å²) in [6.07, 6.45) is 1.63. The van der Waals surface area contributed by atoms with Gasteiger partial charge in [0.25, 0.3) is 0 Å². The SMILES string of the molecule is CC(=O)c1cccc(NC(=O)CSc2nncn2-c2ccc(C)cc2)c1. The summed E-state index contributed by atoms with van der Waals surface area (Å²) in [5.74, 6) is -0.0229. The van der Waals surface area contributed by atoms with Crippen molar-refractivity contribution in [1.29, 1.82) is 0 Å². The number of carbonyl (C=O) groups excluding carboxylic acids is 2. The molecule has 0 fully saturated rings. The number of nitrogens with zero attached hydrogens (tertiary/aromatic N) is 3. The predicted molar refractivity (Wildman–Crippen MR) is 102 cm³/mol. The van der Waals surface area contributed by atoms with Crippen molar-refractivity contribution in [3.8, 4) is 5.69 Å². The fourth-order valence-corrected chi connectivity index (χ4v) is 3.08. The first-order chi connectivity index (χ1) is 12.5. The van der Waals surface area contributed by atoms with Gasteiger partial charge in [-0.3, -0.25) is 14.2 Å². The lowest BCUT2D eigenvalue weighted by atomic mass is 10.1. The first-order valence-corrected chi connectivity index (χ1v) is 9.02. The van der Waals surface area contributed by atoms with Crippen LogP contribution in [0.5, 0.6) is 0 Å². The summed E-state index contributed by atoms with van der Waals surface area (Å²) in [5, 5.41) is 11.5. The van der Waals surface area contributed by atoms with E-state index in [0.717, 1.165) is 5.69 Å². The molecule has 1 heterocycles. The van der Waals surface area contributed by atoms with E-state index >= 15 is 0 Å². The molecule has 0 unspecified atom stereocenters. The van der Waals surface area contributed by atoms with E-state index in [2.05, 4.69) is 15.5 Å². The molecule has 0 aliphatic rings. The minimum Gasteiger partial charge on any atom is -0.325 e. The second-order valence-electron chi connectivity index (χ2n) is 5.79. The zero-order chi connectivity index (χ0) is 18.5. The Morgan fingerprint density at radius 1 is 1.15 bits per heavy atom.